The average Bonchev–Trinajstić information content (AvgIpc) is 2.93. The van der Waals surface area contributed by atoms with E-state index in [1.54, 1.807) is 0 Å². The van der Waals surface area contributed by atoms with Gasteiger partial charge < -0.3 is 5.11 Å². The van der Waals surface area contributed by atoms with Crippen molar-refractivity contribution in [2.24, 2.45) is 0 Å². The summed E-state index contributed by atoms with van der Waals surface area (Å²) >= 11 is 0. The first-order valence-corrected chi connectivity index (χ1v) is 5.16. The van der Waals surface area contributed by atoms with E-state index in [2.05, 4.69) is 0 Å². The zero-order valence-corrected chi connectivity index (χ0v) is 8.16. The third-order valence-electron chi connectivity index (χ3n) is 3.13. The van der Waals surface area contributed by atoms with E-state index in [1.165, 1.54) is 4.90 Å². The standard InChI is InChI=1S/C10H15NO3/c12-7-10(5-6-10)11-8(13)3-1-2-4-9(11)14/h12H,1-7H2. The van der Waals surface area contributed by atoms with Crippen molar-refractivity contribution in [2.75, 3.05) is 6.61 Å². The average molecular weight is 197 g/mol. The molecule has 2 rings (SSSR count). The van der Waals surface area contributed by atoms with E-state index < -0.39 is 5.54 Å². The molecule has 0 spiro atoms. The molecule has 2 aliphatic rings. The highest BCUT2D eigenvalue weighted by molar-refractivity contribution is 5.97. The summed E-state index contributed by atoms with van der Waals surface area (Å²) in [6.45, 7) is -0.0789. The molecule has 2 amide bonds. The lowest BCUT2D eigenvalue weighted by atomic mass is 10.2. The van der Waals surface area contributed by atoms with Gasteiger partial charge in [0, 0.05) is 12.8 Å². The molecule has 2 fully saturated rings. The summed E-state index contributed by atoms with van der Waals surface area (Å²) in [6, 6.07) is 0. The number of hydrogen-bond acceptors (Lipinski definition) is 3. The zero-order valence-electron chi connectivity index (χ0n) is 8.16. The topological polar surface area (TPSA) is 57.6 Å². The lowest BCUT2D eigenvalue weighted by molar-refractivity contribution is -0.148. The zero-order chi connectivity index (χ0) is 10.2. The first kappa shape index (κ1) is 9.65. The van der Waals surface area contributed by atoms with Crippen LogP contribution in [0, 0.1) is 0 Å². The highest BCUT2D eigenvalue weighted by Crippen LogP contribution is 2.42. The first-order valence-electron chi connectivity index (χ1n) is 5.16. The van der Waals surface area contributed by atoms with Crippen molar-refractivity contribution in [2.45, 2.75) is 44.1 Å². The Bertz CT molecular complexity index is 253. The smallest absolute Gasteiger partial charge is 0.229 e. The van der Waals surface area contributed by atoms with Gasteiger partial charge in [-0.3, -0.25) is 14.5 Å². The number of carbonyl (C=O) groups excluding carboxylic acids is 2. The quantitative estimate of drug-likeness (QED) is 0.653. The Hall–Kier alpha value is -0.900. The molecule has 1 aliphatic heterocycles. The number of carbonyl (C=O) groups is 2. The number of imide groups is 1. The van der Waals surface area contributed by atoms with Crippen molar-refractivity contribution in [3.63, 3.8) is 0 Å². The Labute approximate surface area is 82.9 Å². The minimum atomic E-state index is -0.515. The van der Waals surface area contributed by atoms with Crippen molar-refractivity contribution in [1.29, 1.82) is 0 Å². The Morgan fingerprint density at radius 1 is 1.14 bits per heavy atom. The molecule has 1 heterocycles. The third kappa shape index (κ3) is 1.43. The molecule has 0 radical (unpaired) electrons. The molecule has 0 bridgehead atoms. The van der Waals surface area contributed by atoms with Crippen LogP contribution >= 0.6 is 0 Å². The van der Waals surface area contributed by atoms with Crippen LogP contribution in [0.15, 0.2) is 0 Å². The third-order valence-corrected chi connectivity index (χ3v) is 3.13. The molecule has 0 atom stereocenters. The number of aliphatic hydroxyl groups is 1. The van der Waals surface area contributed by atoms with Crippen molar-refractivity contribution >= 4 is 11.8 Å². The van der Waals surface area contributed by atoms with E-state index >= 15 is 0 Å². The second-order valence-electron chi connectivity index (χ2n) is 4.21. The van der Waals surface area contributed by atoms with Crippen LogP contribution in [0.1, 0.15) is 38.5 Å². The van der Waals surface area contributed by atoms with Crippen LogP contribution in [0.3, 0.4) is 0 Å². The molecule has 4 heteroatoms. The van der Waals surface area contributed by atoms with Gasteiger partial charge in [-0.25, -0.2) is 0 Å². The lowest BCUT2D eigenvalue weighted by Crippen LogP contribution is -2.47. The van der Waals surface area contributed by atoms with Crippen molar-refractivity contribution in [1.82, 2.24) is 4.90 Å². The fourth-order valence-electron chi connectivity index (χ4n) is 2.04. The number of nitrogens with zero attached hydrogens (tertiary/aromatic N) is 1. The number of amides is 2. The SMILES string of the molecule is O=C1CCCCC(=O)N1C1(CO)CC1. The van der Waals surface area contributed by atoms with E-state index in [1.807, 2.05) is 0 Å². The molecule has 78 valence electrons. The van der Waals surface area contributed by atoms with E-state index in [9.17, 15) is 14.7 Å². The predicted octanol–water partition coefficient (Wildman–Crippen LogP) is 0.440. The fourth-order valence-corrected chi connectivity index (χ4v) is 2.04. The molecular formula is C10H15NO3. The molecule has 1 saturated heterocycles. The summed E-state index contributed by atoms with van der Waals surface area (Å²) < 4.78 is 0. The van der Waals surface area contributed by atoms with Crippen molar-refractivity contribution < 1.29 is 14.7 Å². The van der Waals surface area contributed by atoms with Gasteiger partial charge in [0.15, 0.2) is 0 Å². The van der Waals surface area contributed by atoms with E-state index in [0.29, 0.717) is 12.8 Å². The first-order chi connectivity index (χ1) is 6.69. The van der Waals surface area contributed by atoms with Crippen LogP contribution < -0.4 is 0 Å². The largest absolute Gasteiger partial charge is 0.394 e. The highest BCUT2D eigenvalue weighted by Gasteiger charge is 2.52. The number of rotatable bonds is 2. The minimum Gasteiger partial charge on any atom is -0.394 e. The van der Waals surface area contributed by atoms with Gasteiger partial charge in [-0.15, -0.1) is 0 Å². The Morgan fingerprint density at radius 3 is 2.00 bits per heavy atom. The number of hydrogen-bond donors (Lipinski definition) is 1. The maximum atomic E-state index is 11.7. The van der Waals surface area contributed by atoms with Crippen LogP contribution in [-0.4, -0.2) is 34.0 Å². The van der Waals surface area contributed by atoms with Crippen LogP contribution in [0.4, 0.5) is 0 Å². The van der Waals surface area contributed by atoms with Crippen LogP contribution in [0.5, 0.6) is 0 Å². The van der Waals surface area contributed by atoms with Crippen molar-refractivity contribution in [3.8, 4) is 0 Å². The normalized spacial score (nSPS) is 26.2. The molecular weight excluding hydrogens is 182 g/mol. The molecule has 1 aliphatic carbocycles. The van der Waals surface area contributed by atoms with Gasteiger partial charge >= 0.3 is 0 Å². The molecule has 0 aromatic rings. The van der Waals surface area contributed by atoms with E-state index in [0.717, 1.165) is 25.7 Å². The summed E-state index contributed by atoms with van der Waals surface area (Å²) in [7, 11) is 0. The second-order valence-corrected chi connectivity index (χ2v) is 4.21. The summed E-state index contributed by atoms with van der Waals surface area (Å²) in [5, 5.41) is 9.19. The number of aliphatic hydroxyl groups excluding tert-OH is 1. The number of likely N-dealkylation sites (tertiary alicyclic amines) is 1. The van der Waals surface area contributed by atoms with Gasteiger partial charge in [-0.1, -0.05) is 0 Å². The van der Waals surface area contributed by atoms with Crippen LogP contribution in [0.2, 0.25) is 0 Å². The Morgan fingerprint density at radius 2 is 1.64 bits per heavy atom. The second kappa shape index (κ2) is 3.35. The van der Waals surface area contributed by atoms with Crippen LogP contribution in [-0.2, 0) is 9.59 Å². The van der Waals surface area contributed by atoms with Crippen LogP contribution in [0.25, 0.3) is 0 Å². The molecule has 0 unspecified atom stereocenters. The summed E-state index contributed by atoms with van der Waals surface area (Å²) in [5.41, 5.74) is -0.515. The van der Waals surface area contributed by atoms with Crippen molar-refractivity contribution in [3.05, 3.63) is 0 Å². The Balaban J connectivity index is 2.20. The predicted molar refractivity (Wildman–Crippen MR) is 49.4 cm³/mol. The molecule has 4 nitrogen and oxygen atoms in total. The van der Waals surface area contributed by atoms with E-state index in [4.69, 9.17) is 0 Å². The van der Waals surface area contributed by atoms with Gasteiger partial charge in [0.25, 0.3) is 0 Å². The monoisotopic (exact) mass is 197 g/mol. The molecule has 0 aromatic carbocycles. The molecule has 14 heavy (non-hydrogen) atoms. The van der Waals surface area contributed by atoms with Gasteiger partial charge in [0.1, 0.15) is 0 Å². The van der Waals surface area contributed by atoms with Gasteiger partial charge in [-0.2, -0.15) is 0 Å². The molecule has 1 saturated carbocycles. The minimum absolute atomic E-state index is 0.0789. The maximum absolute atomic E-state index is 11.7. The highest BCUT2D eigenvalue weighted by atomic mass is 16.3. The summed E-state index contributed by atoms with van der Waals surface area (Å²) in [4.78, 5) is 24.7. The fraction of sp³-hybridized carbons (Fsp3) is 0.800. The van der Waals surface area contributed by atoms with Gasteiger partial charge in [-0.05, 0) is 25.7 Å². The van der Waals surface area contributed by atoms with E-state index in [-0.39, 0.29) is 18.4 Å². The summed E-state index contributed by atoms with van der Waals surface area (Å²) in [5.74, 6) is -0.196. The Kier molecular flexibility index (Phi) is 2.31. The van der Waals surface area contributed by atoms with Gasteiger partial charge in [0.2, 0.25) is 11.8 Å². The molecule has 0 aromatic heterocycles. The molecule has 1 N–H and O–H groups in total. The van der Waals surface area contributed by atoms with Gasteiger partial charge in [0.05, 0.1) is 12.1 Å². The summed E-state index contributed by atoms with van der Waals surface area (Å²) in [6.07, 6.45) is 4.02. The lowest BCUT2D eigenvalue weighted by Gasteiger charge is -2.27. The maximum Gasteiger partial charge on any atom is 0.229 e.